The molecule has 1 rings (SSSR count). The van der Waals surface area contributed by atoms with Gasteiger partial charge in [0.15, 0.2) is 0 Å². The molecule has 1 aromatic heterocycles. The van der Waals surface area contributed by atoms with E-state index in [-0.39, 0.29) is 0 Å². The summed E-state index contributed by atoms with van der Waals surface area (Å²) in [4.78, 5) is 5.96. The van der Waals surface area contributed by atoms with E-state index >= 15 is 0 Å². The molecule has 86 valence electrons. The number of hydrogen-bond donors (Lipinski definition) is 1. The molecule has 0 aliphatic rings. The van der Waals surface area contributed by atoms with Crippen LogP contribution in [-0.4, -0.2) is 25.2 Å². The lowest BCUT2D eigenvalue weighted by Gasteiger charge is -2.01. The second kappa shape index (κ2) is 6.20. The van der Waals surface area contributed by atoms with Gasteiger partial charge in [-0.2, -0.15) is 0 Å². The molecular weight excluding hydrogens is 208 g/mol. The van der Waals surface area contributed by atoms with E-state index in [0.717, 1.165) is 19.7 Å². The van der Waals surface area contributed by atoms with Crippen LogP contribution >= 0.6 is 11.3 Å². The Bertz CT molecular complexity index is 297. The van der Waals surface area contributed by atoms with Gasteiger partial charge < -0.3 is 10.1 Å². The first-order valence-corrected chi connectivity index (χ1v) is 6.12. The van der Waals surface area contributed by atoms with Gasteiger partial charge in [-0.25, -0.2) is 4.98 Å². The van der Waals surface area contributed by atoms with Crippen LogP contribution in [0.3, 0.4) is 0 Å². The largest absolute Gasteiger partial charge is 0.383 e. The van der Waals surface area contributed by atoms with Gasteiger partial charge in [-0.15, -0.1) is 11.3 Å². The minimum absolute atomic E-state index is 0.522. The van der Waals surface area contributed by atoms with Crippen molar-refractivity contribution >= 4 is 11.3 Å². The van der Waals surface area contributed by atoms with Gasteiger partial charge >= 0.3 is 0 Å². The third-order valence-corrected chi connectivity index (χ3v) is 3.17. The van der Waals surface area contributed by atoms with Gasteiger partial charge in [0.1, 0.15) is 5.01 Å². The molecule has 0 radical (unpaired) electrons. The molecular formula is C11H20N2OS. The number of aryl methyl sites for hydroxylation is 1. The van der Waals surface area contributed by atoms with Gasteiger partial charge in [-0.05, 0) is 12.8 Å². The van der Waals surface area contributed by atoms with E-state index in [9.17, 15) is 0 Å². The number of thiazole rings is 1. The van der Waals surface area contributed by atoms with Crippen LogP contribution in [-0.2, 0) is 11.3 Å². The maximum absolute atomic E-state index is 4.97. The number of nitrogens with one attached hydrogen (secondary N) is 1. The molecule has 4 heteroatoms. The molecule has 0 atom stereocenters. The topological polar surface area (TPSA) is 34.1 Å². The van der Waals surface area contributed by atoms with Crippen LogP contribution in [0.2, 0.25) is 0 Å². The van der Waals surface area contributed by atoms with Crippen molar-refractivity contribution in [3.8, 4) is 0 Å². The zero-order valence-electron chi connectivity index (χ0n) is 9.96. The van der Waals surface area contributed by atoms with Gasteiger partial charge in [0.25, 0.3) is 0 Å². The molecule has 0 bridgehead atoms. The summed E-state index contributed by atoms with van der Waals surface area (Å²) >= 11 is 1.79. The number of aromatic nitrogens is 1. The second-order valence-electron chi connectivity index (χ2n) is 3.87. The summed E-state index contributed by atoms with van der Waals surface area (Å²) in [6.07, 6.45) is 0. The number of nitrogens with zero attached hydrogens (tertiary/aromatic N) is 1. The molecule has 1 N–H and O–H groups in total. The van der Waals surface area contributed by atoms with E-state index in [1.807, 2.05) is 0 Å². The summed E-state index contributed by atoms with van der Waals surface area (Å²) in [5.74, 6) is 0.522. The van der Waals surface area contributed by atoms with Crippen LogP contribution in [0, 0.1) is 6.92 Å². The normalized spacial score (nSPS) is 11.3. The summed E-state index contributed by atoms with van der Waals surface area (Å²) in [6.45, 7) is 9.00. The predicted octanol–water partition coefficient (Wildman–Crippen LogP) is 2.31. The van der Waals surface area contributed by atoms with Crippen molar-refractivity contribution in [1.29, 1.82) is 0 Å². The van der Waals surface area contributed by atoms with Crippen LogP contribution in [0.4, 0.5) is 0 Å². The quantitative estimate of drug-likeness (QED) is 0.759. The van der Waals surface area contributed by atoms with Crippen LogP contribution in [0.15, 0.2) is 0 Å². The summed E-state index contributed by atoms with van der Waals surface area (Å²) in [7, 11) is 1.71. The average Bonchev–Trinajstić information content (AvgIpc) is 2.55. The van der Waals surface area contributed by atoms with Crippen LogP contribution in [0.25, 0.3) is 0 Å². The molecule has 0 amide bonds. The number of methoxy groups -OCH3 is 1. The fourth-order valence-electron chi connectivity index (χ4n) is 1.45. The molecule has 15 heavy (non-hydrogen) atoms. The van der Waals surface area contributed by atoms with E-state index in [0.29, 0.717) is 5.92 Å². The Labute approximate surface area is 95.9 Å². The lowest BCUT2D eigenvalue weighted by Crippen LogP contribution is -2.18. The van der Waals surface area contributed by atoms with Gasteiger partial charge in [-0.1, -0.05) is 13.8 Å². The fourth-order valence-corrected chi connectivity index (χ4v) is 2.50. The van der Waals surface area contributed by atoms with E-state index < -0.39 is 0 Å². The third-order valence-electron chi connectivity index (χ3n) is 2.18. The van der Waals surface area contributed by atoms with Crippen molar-refractivity contribution in [2.45, 2.75) is 33.2 Å². The van der Waals surface area contributed by atoms with Gasteiger partial charge in [0.2, 0.25) is 0 Å². The smallest absolute Gasteiger partial charge is 0.107 e. The molecule has 0 fully saturated rings. The first-order chi connectivity index (χ1) is 7.15. The summed E-state index contributed by atoms with van der Waals surface area (Å²) in [5.41, 5.74) is 1.24. The Morgan fingerprint density at radius 3 is 2.73 bits per heavy atom. The average molecular weight is 228 g/mol. The lowest BCUT2D eigenvalue weighted by molar-refractivity contribution is 0.199. The number of ether oxygens (including phenoxy) is 1. The van der Waals surface area contributed by atoms with Crippen LogP contribution < -0.4 is 5.32 Å². The van der Waals surface area contributed by atoms with Crippen LogP contribution in [0.5, 0.6) is 0 Å². The van der Waals surface area contributed by atoms with Crippen molar-refractivity contribution in [3.05, 3.63) is 15.6 Å². The highest BCUT2D eigenvalue weighted by molar-refractivity contribution is 7.11. The molecule has 0 saturated heterocycles. The minimum Gasteiger partial charge on any atom is -0.383 e. The molecule has 0 aromatic carbocycles. The molecule has 0 aliphatic carbocycles. The molecule has 0 unspecified atom stereocenters. The first-order valence-electron chi connectivity index (χ1n) is 5.31. The molecule has 0 aliphatic heterocycles. The Kier molecular flexibility index (Phi) is 5.22. The van der Waals surface area contributed by atoms with Crippen molar-refractivity contribution in [1.82, 2.24) is 10.3 Å². The lowest BCUT2D eigenvalue weighted by atomic mass is 10.1. The number of rotatable bonds is 6. The molecule has 1 aromatic rings. The minimum atomic E-state index is 0.522. The SMILES string of the molecule is COCCNCc1nc(C(C)C)c(C)s1. The van der Waals surface area contributed by atoms with Gasteiger partial charge in [0.05, 0.1) is 12.3 Å². The second-order valence-corrected chi connectivity index (χ2v) is 5.16. The van der Waals surface area contributed by atoms with Gasteiger partial charge in [0, 0.05) is 25.1 Å². The van der Waals surface area contributed by atoms with Crippen molar-refractivity contribution in [3.63, 3.8) is 0 Å². The third kappa shape index (κ3) is 3.89. The Hall–Kier alpha value is -0.450. The Morgan fingerprint density at radius 2 is 2.20 bits per heavy atom. The maximum atomic E-state index is 4.97. The highest BCUT2D eigenvalue weighted by Crippen LogP contribution is 2.23. The summed E-state index contributed by atoms with van der Waals surface area (Å²) in [6, 6.07) is 0. The number of hydrogen-bond acceptors (Lipinski definition) is 4. The van der Waals surface area contributed by atoms with Gasteiger partial charge in [-0.3, -0.25) is 0 Å². The monoisotopic (exact) mass is 228 g/mol. The zero-order chi connectivity index (χ0) is 11.3. The van der Waals surface area contributed by atoms with E-state index in [2.05, 4.69) is 31.1 Å². The Balaban J connectivity index is 2.45. The van der Waals surface area contributed by atoms with E-state index in [1.54, 1.807) is 18.4 Å². The Morgan fingerprint density at radius 1 is 1.47 bits per heavy atom. The predicted molar refractivity (Wildman–Crippen MR) is 64.5 cm³/mol. The van der Waals surface area contributed by atoms with Crippen molar-refractivity contribution in [2.75, 3.05) is 20.3 Å². The maximum Gasteiger partial charge on any atom is 0.107 e. The standard InChI is InChI=1S/C11H20N2OS/c1-8(2)11-9(3)15-10(13-11)7-12-5-6-14-4/h8,12H,5-7H2,1-4H3. The van der Waals surface area contributed by atoms with Crippen molar-refractivity contribution < 1.29 is 4.74 Å². The van der Waals surface area contributed by atoms with E-state index in [4.69, 9.17) is 4.74 Å². The first kappa shape index (κ1) is 12.6. The van der Waals surface area contributed by atoms with Crippen LogP contribution in [0.1, 0.15) is 35.3 Å². The zero-order valence-corrected chi connectivity index (χ0v) is 10.8. The molecule has 1 heterocycles. The molecule has 0 saturated carbocycles. The van der Waals surface area contributed by atoms with Crippen molar-refractivity contribution in [2.24, 2.45) is 0 Å². The summed E-state index contributed by atoms with van der Waals surface area (Å²) < 4.78 is 4.97. The fraction of sp³-hybridized carbons (Fsp3) is 0.727. The highest BCUT2D eigenvalue weighted by atomic mass is 32.1. The highest BCUT2D eigenvalue weighted by Gasteiger charge is 2.09. The molecule has 0 spiro atoms. The summed E-state index contributed by atoms with van der Waals surface area (Å²) in [5, 5.41) is 4.48. The van der Waals surface area contributed by atoms with E-state index in [1.165, 1.54) is 15.6 Å². The molecule has 3 nitrogen and oxygen atoms in total.